The number of carbonyl (C=O) groups excluding carboxylic acids is 1. The van der Waals surface area contributed by atoms with E-state index in [9.17, 15) is 50.8 Å². The lowest BCUT2D eigenvalue weighted by molar-refractivity contribution is -0.298. The van der Waals surface area contributed by atoms with Crippen LogP contribution < -0.4 is 0 Å². The number of hydrogen-bond acceptors (Lipinski definition) is 12. The topological polar surface area (TPSA) is 218 Å². The summed E-state index contributed by atoms with van der Waals surface area (Å²) in [5.41, 5.74) is -3.27. The van der Waals surface area contributed by atoms with Crippen molar-refractivity contribution >= 4 is 5.97 Å². The summed E-state index contributed by atoms with van der Waals surface area (Å²) < 4.78 is 11.4. The van der Waals surface area contributed by atoms with Gasteiger partial charge in [-0.25, -0.2) is 0 Å². The maximum Gasteiger partial charge on any atom is 0.315 e. The highest BCUT2D eigenvalue weighted by Crippen LogP contribution is 2.76. The molecule has 12 nitrogen and oxygen atoms in total. The summed E-state index contributed by atoms with van der Waals surface area (Å²) in [6, 6.07) is 0. The molecule has 6 rings (SSSR count). The molecule has 12 heteroatoms. The quantitative estimate of drug-likeness (QED) is 0.142. The van der Waals surface area contributed by atoms with E-state index in [4.69, 9.17) is 9.47 Å². The standard InChI is InChI=1S/C36H58O12/c1-31(2)10-12-35(30(46)48-29-26(43)25(42)24(41)20(15-37)47-29)13-11-33(4)18(23(35)28(31)45)6-7-21-32(3)14-19(40)27(44)36(16-38,17-39)22(32)8-9-34(21,33)5/h6,19-29,37-45H,7-17H2,1-5H3/t19-,20-,21-,22+,23+,24-,25+,26-,27+,28+,29+,32-,33-,34-,35+/m1/s1. The lowest BCUT2D eigenvalue weighted by atomic mass is 9.33. The highest BCUT2D eigenvalue weighted by molar-refractivity contribution is 5.79. The third-order valence-electron chi connectivity index (χ3n) is 15.5. The molecule has 274 valence electrons. The lowest BCUT2D eigenvalue weighted by Crippen LogP contribution is -2.70. The monoisotopic (exact) mass is 682 g/mol. The van der Waals surface area contributed by atoms with Crippen molar-refractivity contribution in [2.75, 3.05) is 19.8 Å². The van der Waals surface area contributed by atoms with Crippen molar-refractivity contribution < 1.29 is 60.2 Å². The highest BCUT2D eigenvalue weighted by Gasteiger charge is 2.72. The van der Waals surface area contributed by atoms with Crippen molar-refractivity contribution in [3.8, 4) is 0 Å². The van der Waals surface area contributed by atoms with Crippen molar-refractivity contribution in [2.24, 2.45) is 50.2 Å². The van der Waals surface area contributed by atoms with Crippen LogP contribution in [0.1, 0.15) is 86.0 Å². The summed E-state index contributed by atoms with van der Waals surface area (Å²) >= 11 is 0. The number of rotatable bonds is 5. The van der Waals surface area contributed by atoms with E-state index in [-0.39, 0.29) is 17.3 Å². The van der Waals surface area contributed by atoms with Crippen LogP contribution in [0.3, 0.4) is 0 Å². The molecule has 9 N–H and O–H groups in total. The Hall–Kier alpha value is -1.19. The van der Waals surface area contributed by atoms with Crippen LogP contribution in [-0.4, -0.2) is 121 Å². The average Bonchev–Trinajstić information content (AvgIpc) is 3.04. The SMILES string of the molecule is CC1(C)CC[C@]2(C(=O)O[C@@H]3O[C@H](CO)[C@@H](O)[C@H](O)[C@H]3O)CC[C@]3(C)C(=CC[C@@H]4[C@@]5(C)C[C@@H](O)[C@H](O)C(CO)(CO)[C@H]5CC[C@]43C)[C@H]2[C@@H]1O. The number of fused-ring (bicyclic) bond motifs is 7. The number of carbonyl (C=O) groups is 1. The van der Waals surface area contributed by atoms with Crippen LogP contribution in [0, 0.1) is 50.2 Å². The Morgan fingerprint density at radius 3 is 2.10 bits per heavy atom. The smallest absolute Gasteiger partial charge is 0.315 e. The number of aliphatic hydroxyl groups is 9. The second kappa shape index (κ2) is 11.9. The van der Waals surface area contributed by atoms with Crippen molar-refractivity contribution in [2.45, 2.75) is 135 Å². The Labute approximate surface area is 282 Å². The van der Waals surface area contributed by atoms with Gasteiger partial charge in [-0.2, -0.15) is 0 Å². The summed E-state index contributed by atoms with van der Waals surface area (Å²) in [4.78, 5) is 14.4. The summed E-state index contributed by atoms with van der Waals surface area (Å²) in [6.45, 7) is 9.07. The molecule has 0 bridgehead atoms. The predicted octanol–water partition coefficient (Wildman–Crippen LogP) is 0.379. The first-order chi connectivity index (χ1) is 22.3. The number of hydrogen-bond donors (Lipinski definition) is 9. The van der Waals surface area contributed by atoms with E-state index >= 15 is 0 Å². The zero-order valence-electron chi connectivity index (χ0n) is 29.0. The number of ether oxygens (including phenoxy) is 2. The van der Waals surface area contributed by atoms with Crippen molar-refractivity contribution in [3.63, 3.8) is 0 Å². The zero-order valence-corrected chi connectivity index (χ0v) is 29.0. The van der Waals surface area contributed by atoms with E-state index in [1.54, 1.807) is 0 Å². The van der Waals surface area contributed by atoms with Gasteiger partial charge >= 0.3 is 5.97 Å². The Kier molecular flexibility index (Phi) is 9.10. The lowest BCUT2D eigenvalue weighted by Gasteiger charge is -2.72. The van der Waals surface area contributed by atoms with Gasteiger partial charge in [0, 0.05) is 11.3 Å². The fraction of sp³-hybridized carbons (Fsp3) is 0.917. The minimum atomic E-state index is -1.74. The van der Waals surface area contributed by atoms with E-state index in [0.717, 1.165) is 12.0 Å². The van der Waals surface area contributed by atoms with Crippen LogP contribution in [0.5, 0.6) is 0 Å². The second-order valence-electron chi connectivity index (χ2n) is 17.7. The summed E-state index contributed by atoms with van der Waals surface area (Å²) in [6.07, 6.45) is -4.76. The first kappa shape index (κ1) is 36.6. The van der Waals surface area contributed by atoms with Crippen LogP contribution in [0.2, 0.25) is 0 Å². The largest absolute Gasteiger partial charge is 0.432 e. The van der Waals surface area contributed by atoms with Crippen LogP contribution in [0.4, 0.5) is 0 Å². The molecule has 4 saturated carbocycles. The minimum absolute atomic E-state index is 0.0134. The van der Waals surface area contributed by atoms with Crippen molar-refractivity contribution in [1.82, 2.24) is 0 Å². The minimum Gasteiger partial charge on any atom is -0.432 e. The number of allylic oxidation sites excluding steroid dienone is 1. The van der Waals surface area contributed by atoms with Gasteiger partial charge in [-0.05, 0) is 84.9 Å². The Morgan fingerprint density at radius 1 is 0.833 bits per heavy atom. The molecule has 48 heavy (non-hydrogen) atoms. The molecule has 5 fully saturated rings. The second-order valence-corrected chi connectivity index (χ2v) is 17.7. The van der Waals surface area contributed by atoms with Crippen LogP contribution in [-0.2, 0) is 14.3 Å². The van der Waals surface area contributed by atoms with E-state index in [0.29, 0.717) is 44.9 Å². The maximum atomic E-state index is 14.4. The van der Waals surface area contributed by atoms with E-state index in [1.165, 1.54) is 0 Å². The molecule has 0 unspecified atom stereocenters. The van der Waals surface area contributed by atoms with E-state index < -0.39 is 108 Å². The van der Waals surface area contributed by atoms with Crippen LogP contribution >= 0.6 is 0 Å². The van der Waals surface area contributed by atoms with Gasteiger partial charge in [0.2, 0.25) is 6.29 Å². The average molecular weight is 683 g/mol. The summed E-state index contributed by atoms with van der Waals surface area (Å²) in [5, 5.41) is 96.6. The van der Waals surface area contributed by atoms with Gasteiger partial charge in [-0.15, -0.1) is 0 Å². The van der Waals surface area contributed by atoms with Gasteiger partial charge in [-0.1, -0.05) is 46.3 Å². The van der Waals surface area contributed by atoms with Gasteiger partial charge in [0.1, 0.15) is 24.4 Å². The van der Waals surface area contributed by atoms with Crippen LogP contribution in [0.15, 0.2) is 11.6 Å². The molecule has 5 aliphatic carbocycles. The van der Waals surface area contributed by atoms with E-state index in [1.807, 2.05) is 13.8 Å². The van der Waals surface area contributed by atoms with Crippen molar-refractivity contribution in [1.29, 1.82) is 0 Å². The number of aliphatic hydroxyl groups excluding tert-OH is 9. The first-order valence-corrected chi connectivity index (χ1v) is 17.8. The Balaban J connectivity index is 1.39. The fourth-order valence-electron chi connectivity index (χ4n) is 12.2. The molecule has 0 radical (unpaired) electrons. The van der Waals surface area contributed by atoms with E-state index in [2.05, 4.69) is 26.8 Å². The third-order valence-corrected chi connectivity index (χ3v) is 15.5. The normalized spacial score (nSPS) is 52.5. The highest BCUT2D eigenvalue weighted by atomic mass is 16.7. The third kappa shape index (κ3) is 4.66. The maximum absolute atomic E-state index is 14.4. The molecule has 0 aromatic heterocycles. The Morgan fingerprint density at radius 2 is 1.48 bits per heavy atom. The van der Waals surface area contributed by atoms with Gasteiger partial charge in [0.05, 0.1) is 43.5 Å². The molecule has 1 heterocycles. The molecule has 1 saturated heterocycles. The van der Waals surface area contributed by atoms with Gasteiger partial charge in [0.25, 0.3) is 0 Å². The molecular formula is C36H58O12. The molecule has 0 amide bonds. The fourth-order valence-corrected chi connectivity index (χ4v) is 12.2. The molecule has 1 aliphatic heterocycles. The van der Waals surface area contributed by atoms with Gasteiger partial charge in [0.15, 0.2) is 0 Å². The molecular weight excluding hydrogens is 624 g/mol. The van der Waals surface area contributed by atoms with Gasteiger partial charge < -0.3 is 55.4 Å². The predicted molar refractivity (Wildman–Crippen MR) is 171 cm³/mol. The van der Waals surface area contributed by atoms with Crippen LogP contribution in [0.25, 0.3) is 0 Å². The molecule has 0 spiro atoms. The zero-order chi connectivity index (χ0) is 35.4. The van der Waals surface area contributed by atoms with Gasteiger partial charge in [-0.3, -0.25) is 4.79 Å². The summed E-state index contributed by atoms with van der Waals surface area (Å²) in [7, 11) is 0. The first-order valence-electron chi connectivity index (χ1n) is 17.8. The molecule has 0 aromatic carbocycles. The molecule has 6 aliphatic rings. The summed E-state index contributed by atoms with van der Waals surface area (Å²) in [5.74, 6) is -1.49. The molecule has 0 aromatic rings. The molecule has 15 atom stereocenters. The number of esters is 1. The Bertz CT molecular complexity index is 1280. The van der Waals surface area contributed by atoms with Crippen molar-refractivity contribution in [3.05, 3.63) is 11.6 Å².